The van der Waals surface area contributed by atoms with Crippen LogP contribution in [0.4, 0.5) is 0 Å². The number of carbonyl (C=O) groups excluding carboxylic acids is 4. The maximum absolute atomic E-state index is 14.3. The van der Waals surface area contributed by atoms with Gasteiger partial charge in [-0.1, -0.05) is 59.1 Å². The van der Waals surface area contributed by atoms with Crippen molar-refractivity contribution in [1.29, 1.82) is 0 Å². The number of pyridine rings is 1. The molecule has 2 rings (SSSR count). The fourth-order valence-corrected chi connectivity index (χ4v) is 8.04. The van der Waals surface area contributed by atoms with Crippen molar-refractivity contribution in [3.63, 3.8) is 0 Å². The fraction of sp³-hybridized carbons (Fsp3) is 0.769. The van der Waals surface area contributed by atoms with Crippen molar-refractivity contribution in [3.05, 3.63) is 40.5 Å². The van der Waals surface area contributed by atoms with E-state index in [-0.39, 0.29) is 54.1 Å². The van der Waals surface area contributed by atoms with Crippen LogP contribution in [0.25, 0.3) is 10.4 Å². The Hall–Kier alpha value is -3.38. The van der Waals surface area contributed by atoms with E-state index in [9.17, 15) is 24.7 Å². The Kier molecular flexibility index (Phi) is 18.9. The molecule has 0 N–H and O–H groups in total. The molecule has 9 atom stereocenters. The number of aromatic nitrogens is 1. The minimum Gasteiger partial charge on any atom is -0.379 e. The summed E-state index contributed by atoms with van der Waals surface area (Å²) in [5, 5.41) is 3.85. The maximum atomic E-state index is 14.3. The molecule has 13 heteroatoms. The van der Waals surface area contributed by atoms with Gasteiger partial charge in [-0.2, -0.15) is 0 Å². The number of likely N-dealkylation sites (N-methyl/N-ethyl adjacent to an activating group) is 2. The summed E-state index contributed by atoms with van der Waals surface area (Å²) in [4.78, 5) is 68.0. The summed E-state index contributed by atoms with van der Waals surface area (Å²) >= 11 is 0. The molecule has 13 nitrogen and oxygen atoms in total. The van der Waals surface area contributed by atoms with Crippen LogP contribution >= 0.6 is 0 Å². The summed E-state index contributed by atoms with van der Waals surface area (Å²) in [5.74, 6) is -1.78. The number of azide groups is 1. The van der Waals surface area contributed by atoms with Crippen LogP contribution in [0.1, 0.15) is 92.2 Å². The van der Waals surface area contributed by atoms with Gasteiger partial charge in [0, 0.05) is 69.4 Å². The highest BCUT2D eigenvalue weighted by atomic mass is 16.5. The number of aryl methyl sites for hydroxylation is 1. The van der Waals surface area contributed by atoms with E-state index in [1.807, 2.05) is 76.7 Å². The minimum absolute atomic E-state index is 0.0212. The van der Waals surface area contributed by atoms with Crippen molar-refractivity contribution >= 4 is 23.4 Å². The number of hydrogen-bond donors (Lipinski definition) is 0. The summed E-state index contributed by atoms with van der Waals surface area (Å²) in [7, 11) is 8.50. The molecule has 0 saturated carbocycles. The van der Waals surface area contributed by atoms with Crippen LogP contribution in [0, 0.1) is 23.7 Å². The van der Waals surface area contributed by atoms with Gasteiger partial charge in [-0.3, -0.25) is 29.1 Å². The topological polar surface area (TPSA) is 158 Å². The van der Waals surface area contributed by atoms with Gasteiger partial charge >= 0.3 is 0 Å². The molecule has 1 aromatic heterocycles. The van der Waals surface area contributed by atoms with E-state index in [1.54, 1.807) is 39.3 Å². The first-order valence-corrected chi connectivity index (χ1v) is 18.9. The number of ether oxygens (including phenoxy) is 2. The number of Topliss-reactive ketones (excluding diaryl/α,β-unsaturated/α-hetero) is 2. The van der Waals surface area contributed by atoms with Crippen LogP contribution < -0.4 is 0 Å². The third-order valence-corrected chi connectivity index (χ3v) is 11.0. The maximum Gasteiger partial charge on any atom is 0.226 e. The fourth-order valence-electron chi connectivity index (χ4n) is 8.04. The Bertz CT molecular complexity index is 1330. The van der Waals surface area contributed by atoms with Gasteiger partial charge in [-0.25, -0.2) is 0 Å². The zero-order valence-corrected chi connectivity index (χ0v) is 33.5. The number of rotatable bonds is 23. The van der Waals surface area contributed by atoms with Crippen LogP contribution in [-0.4, -0.2) is 121 Å². The highest BCUT2D eigenvalue weighted by Crippen LogP contribution is 2.31. The van der Waals surface area contributed by atoms with Crippen molar-refractivity contribution in [2.75, 3.05) is 41.9 Å². The molecule has 1 fully saturated rings. The molecule has 1 aliphatic heterocycles. The van der Waals surface area contributed by atoms with Gasteiger partial charge in [-0.15, -0.1) is 0 Å². The van der Waals surface area contributed by atoms with Gasteiger partial charge in [0.05, 0.1) is 42.7 Å². The molecular weight excluding hydrogens is 662 g/mol. The summed E-state index contributed by atoms with van der Waals surface area (Å²) in [6.07, 6.45) is 4.61. The lowest BCUT2D eigenvalue weighted by atomic mass is 9.85. The average molecular weight is 728 g/mol. The van der Waals surface area contributed by atoms with E-state index in [1.165, 1.54) is 0 Å². The number of amides is 2. The molecule has 52 heavy (non-hydrogen) atoms. The van der Waals surface area contributed by atoms with Crippen LogP contribution in [0.3, 0.4) is 0 Å². The highest BCUT2D eigenvalue weighted by Gasteiger charge is 2.43. The summed E-state index contributed by atoms with van der Waals surface area (Å²) < 4.78 is 11.9. The number of likely N-dealkylation sites (tertiary alicyclic amines) is 1. The lowest BCUT2D eigenvalue weighted by Crippen LogP contribution is -2.54. The number of ketones is 2. The van der Waals surface area contributed by atoms with E-state index >= 15 is 0 Å². The number of hydrogen-bond acceptors (Lipinski definition) is 9. The van der Waals surface area contributed by atoms with Crippen LogP contribution in [0.5, 0.6) is 0 Å². The van der Waals surface area contributed by atoms with E-state index in [4.69, 9.17) is 9.47 Å². The second-order valence-electron chi connectivity index (χ2n) is 15.1. The van der Waals surface area contributed by atoms with Crippen LogP contribution in [0.2, 0.25) is 0 Å². The predicted octanol–water partition coefficient (Wildman–Crippen LogP) is 5.75. The molecule has 292 valence electrons. The van der Waals surface area contributed by atoms with E-state index in [0.717, 1.165) is 18.5 Å². The largest absolute Gasteiger partial charge is 0.379 e. The molecular formula is C39H65N7O6. The third kappa shape index (κ3) is 12.1. The van der Waals surface area contributed by atoms with Gasteiger partial charge in [-0.05, 0) is 69.3 Å². The predicted molar refractivity (Wildman–Crippen MR) is 202 cm³/mol. The minimum atomic E-state index is -0.886. The van der Waals surface area contributed by atoms with Crippen molar-refractivity contribution in [3.8, 4) is 0 Å². The zero-order chi connectivity index (χ0) is 39.1. The molecule has 0 aliphatic carbocycles. The lowest BCUT2D eigenvalue weighted by molar-refractivity contribution is -0.148. The molecule has 2 heterocycles. The Morgan fingerprint density at radius 2 is 1.73 bits per heavy atom. The Morgan fingerprint density at radius 3 is 2.27 bits per heavy atom. The molecule has 0 unspecified atom stereocenters. The molecule has 0 bridgehead atoms. The SMILES string of the molecule is CC[C@H](C)[C@@H]([C@@H](CC(=O)N1CCC[C@H]1[C@H](OC)[C@@H](C)C(=O)CCCc1ccccn1)OC)N(C)C(=O)[C@@H](CC(=O)[C@H](C(C)C)N(C)C)[C@H](C)N=[N+]=[N-]. The Morgan fingerprint density at radius 1 is 1.04 bits per heavy atom. The highest BCUT2D eigenvalue weighted by molar-refractivity contribution is 5.90. The second-order valence-corrected chi connectivity index (χ2v) is 15.1. The number of carbonyl (C=O) groups is 4. The Labute approximate surface area is 311 Å². The third-order valence-electron chi connectivity index (χ3n) is 11.0. The summed E-state index contributed by atoms with van der Waals surface area (Å²) in [6, 6.07) is 3.83. The smallest absolute Gasteiger partial charge is 0.226 e. The van der Waals surface area contributed by atoms with Gasteiger partial charge in [0.15, 0.2) is 5.78 Å². The number of methoxy groups -OCH3 is 2. The molecule has 1 aromatic rings. The van der Waals surface area contributed by atoms with Crippen LogP contribution in [0.15, 0.2) is 29.5 Å². The quantitative estimate of drug-likeness (QED) is 0.0783. The summed E-state index contributed by atoms with van der Waals surface area (Å²) in [5.41, 5.74) is 10.2. The molecule has 1 saturated heterocycles. The van der Waals surface area contributed by atoms with Gasteiger partial charge in [0.1, 0.15) is 5.78 Å². The molecule has 2 amide bonds. The zero-order valence-electron chi connectivity index (χ0n) is 33.5. The van der Waals surface area contributed by atoms with Crippen LogP contribution in [-0.2, 0) is 35.1 Å². The Balaban J connectivity index is 2.27. The molecule has 0 spiro atoms. The first-order chi connectivity index (χ1) is 24.6. The van der Waals surface area contributed by atoms with Gasteiger partial charge in [0.2, 0.25) is 11.8 Å². The van der Waals surface area contributed by atoms with Crippen molar-refractivity contribution < 1.29 is 28.7 Å². The standard InChI is InChI=1S/C39H65N7O6/c1-12-26(4)37(45(9)39(50)30(28(6)42-43-40)23-33(48)36(25(2)3)44(7)8)34(51-10)24-35(49)46-22-16-19-31(46)38(52-11)27(5)32(47)20-15-18-29-17-13-14-21-41-29/h13-14,17,21,25-28,30-31,34,36-38H,12,15-16,18-20,22-24H2,1-11H3/t26-,27-,28-,30-,31-,34+,36-,37-,38+/m0/s1. The van der Waals surface area contributed by atoms with Gasteiger partial charge in [0.25, 0.3) is 0 Å². The van der Waals surface area contributed by atoms with Crippen molar-refractivity contribution in [2.45, 2.75) is 129 Å². The molecule has 0 radical (unpaired) electrons. The molecule has 1 aliphatic rings. The number of nitrogens with zero attached hydrogens (tertiary/aromatic N) is 7. The molecule has 0 aromatic carbocycles. The first kappa shape index (κ1) is 44.8. The van der Waals surface area contributed by atoms with E-state index < -0.39 is 42.2 Å². The normalized spacial score (nSPS) is 19.2. The van der Waals surface area contributed by atoms with Crippen molar-refractivity contribution in [1.82, 2.24) is 19.7 Å². The average Bonchev–Trinajstić information content (AvgIpc) is 3.59. The monoisotopic (exact) mass is 727 g/mol. The van der Waals surface area contributed by atoms with Crippen molar-refractivity contribution in [2.24, 2.45) is 28.8 Å². The second kappa shape index (κ2) is 22.0. The lowest BCUT2D eigenvalue weighted by Gasteiger charge is -2.41. The van der Waals surface area contributed by atoms with Gasteiger partial charge < -0.3 is 19.3 Å². The first-order valence-electron chi connectivity index (χ1n) is 18.9. The van der Waals surface area contributed by atoms with E-state index in [0.29, 0.717) is 32.2 Å². The summed E-state index contributed by atoms with van der Waals surface area (Å²) in [6.45, 7) is 12.0. The van der Waals surface area contributed by atoms with E-state index in [2.05, 4.69) is 15.0 Å².